The molecule has 1 aliphatic rings. The van der Waals surface area contributed by atoms with E-state index >= 15 is 0 Å². The summed E-state index contributed by atoms with van der Waals surface area (Å²) in [7, 11) is 0. The molecular formula is C21H23FN4O2. The number of hydrogen-bond acceptors (Lipinski definition) is 4. The number of nitrogens with one attached hydrogen (secondary N) is 2. The Labute approximate surface area is 162 Å². The van der Waals surface area contributed by atoms with Gasteiger partial charge in [-0.25, -0.2) is 9.18 Å². The summed E-state index contributed by atoms with van der Waals surface area (Å²) < 4.78 is 18.7. The Morgan fingerprint density at radius 1 is 1.11 bits per heavy atom. The first-order valence-electron chi connectivity index (χ1n) is 9.54. The van der Waals surface area contributed by atoms with Crippen LogP contribution in [0.1, 0.15) is 18.4 Å². The van der Waals surface area contributed by atoms with Crippen molar-refractivity contribution in [3.63, 3.8) is 0 Å². The van der Waals surface area contributed by atoms with Crippen LogP contribution >= 0.6 is 0 Å². The third kappa shape index (κ3) is 4.42. The molecule has 1 saturated heterocycles. The minimum absolute atomic E-state index is 0.203. The fourth-order valence-electron chi connectivity index (χ4n) is 3.41. The van der Waals surface area contributed by atoms with Crippen molar-refractivity contribution in [2.24, 2.45) is 5.92 Å². The number of carbonyl (C=O) groups excluding carboxylic acids is 1. The number of anilines is 1. The highest BCUT2D eigenvalue weighted by Gasteiger charge is 2.23. The van der Waals surface area contributed by atoms with Crippen molar-refractivity contribution < 1.29 is 13.6 Å². The van der Waals surface area contributed by atoms with Gasteiger partial charge >= 0.3 is 6.03 Å². The molecule has 0 spiro atoms. The number of urea groups is 1. The number of halogens is 1. The van der Waals surface area contributed by atoms with Crippen molar-refractivity contribution in [1.82, 2.24) is 15.6 Å². The van der Waals surface area contributed by atoms with Gasteiger partial charge in [0.05, 0.1) is 0 Å². The van der Waals surface area contributed by atoms with Gasteiger partial charge in [0.2, 0.25) is 0 Å². The van der Waals surface area contributed by atoms with E-state index in [1.807, 2.05) is 24.3 Å². The lowest BCUT2D eigenvalue weighted by Crippen LogP contribution is -2.41. The van der Waals surface area contributed by atoms with Crippen LogP contribution in [0.5, 0.6) is 0 Å². The molecule has 0 atom stereocenters. The maximum atomic E-state index is 12.9. The Bertz CT molecular complexity index is 900. The highest BCUT2D eigenvalue weighted by atomic mass is 19.1. The van der Waals surface area contributed by atoms with E-state index in [1.54, 1.807) is 12.1 Å². The van der Waals surface area contributed by atoms with Crippen LogP contribution in [0.3, 0.4) is 0 Å². The summed E-state index contributed by atoms with van der Waals surface area (Å²) in [6.45, 7) is 2.73. The largest absolute Gasteiger partial charge is 0.423 e. The van der Waals surface area contributed by atoms with Gasteiger partial charge in [0.1, 0.15) is 11.3 Å². The summed E-state index contributed by atoms with van der Waals surface area (Å²) in [5.41, 5.74) is 2.54. The zero-order chi connectivity index (χ0) is 19.3. The van der Waals surface area contributed by atoms with Crippen LogP contribution in [0.2, 0.25) is 0 Å². The molecule has 2 N–H and O–H groups in total. The topological polar surface area (TPSA) is 70.4 Å². The van der Waals surface area contributed by atoms with Crippen molar-refractivity contribution in [2.75, 3.05) is 24.5 Å². The molecular weight excluding hydrogens is 359 g/mol. The average molecular weight is 382 g/mol. The molecule has 0 saturated carbocycles. The number of para-hydroxylation sites is 2. The van der Waals surface area contributed by atoms with E-state index in [2.05, 4.69) is 20.5 Å². The number of piperidine rings is 1. The van der Waals surface area contributed by atoms with Gasteiger partial charge in [0.15, 0.2) is 5.58 Å². The zero-order valence-electron chi connectivity index (χ0n) is 15.5. The predicted molar refractivity (Wildman–Crippen MR) is 106 cm³/mol. The second-order valence-corrected chi connectivity index (χ2v) is 7.08. The molecule has 3 aromatic rings. The molecule has 0 bridgehead atoms. The minimum atomic E-state index is -0.280. The number of fused-ring (bicyclic) bond motifs is 1. The number of benzene rings is 2. The van der Waals surface area contributed by atoms with Crippen LogP contribution in [0.4, 0.5) is 15.2 Å². The first-order valence-corrected chi connectivity index (χ1v) is 9.54. The van der Waals surface area contributed by atoms with Crippen molar-refractivity contribution in [2.45, 2.75) is 19.4 Å². The molecule has 6 nitrogen and oxygen atoms in total. The molecule has 1 aliphatic heterocycles. The number of hydrogen-bond donors (Lipinski definition) is 2. The summed E-state index contributed by atoms with van der Waals surface area (Å²) in [4.78, 5) is 18.7. The predicted octanol–water partition coefficient (Wildman–Crippen LogP) is 3.68. The smallest absolute Gasteiger partial charge is 0.315 e. The van der Waals surface area contributed by atoms with Gasteiger partial charge in [-0.05, 0) is 48.6 Å². The van der Waals surface area contributed by atoms with Gasteiger partial charge in [-0.15, -0.1) is 0 Å². The first kappa shape index (κ1) is 18.3. The normalized spacial score (nSPS) is 15.0. The van der Waals surface area contributed by atoms with Crippen LogP contribution in [0.15, 0.2) is 52.9 Å². The van der Waals surface area contributed by atoms with Crippen LogP contribution < -0.4 is 15.5 Å². The Kier molecular flexibility index (Phi) is 5.41. The molecule has 28 heavy (non-hydrogen) atoms. The molecule has 0 aliphatic carbocycles. The first-order chi connectivity index (χ1) is 13.7. The number of carbonyl (C=O) groups is 1. The standard InChI is InChI=1S/C21H23FN4O2/c22-17-7-5-15(6-8-17)13-23-20(27)24-14-16-9-11-26(12-10-16)21-25-18-3-1-2-4-19(18)28-21/h1-8,16H,9-14H2,(H2,23,24,27). The van der Waals surface area contributed by atoms with Gasteiger partial charge < -0.3 is 20.0 Å². The molecule has 1 aromatic heterocycles. The fourth-order valence-corrected chi connectivity index (χ4v) is 3.41. The third-order valence-electron chi connectivity index (χ3n) is 5.09. The Hall–Kier alpha value is -3.09. The lowest BCUT2D eigenvalue weighted by molar-refractivity contribution is 0.237. The van der Waals surface area contributed by atoms with Crippen LogP contribution in [-0.2, 0) is 6.54 Å². The summed E-state index contributed by atoms with van der Waals surface area (Å²) in [6.07, 6.45) is 1.94. The summed E-state index contributed by atoms with van der Waals surface area (Å²) in [5.74, 6) is 0.148. The Morgan fingerprint density at radius 2 is 1.86 bits per heavy atom. The molecule has 0 unspecified atom stereocenters. The van der Waals surface area contributed by atoms with E-state index in [9.17, 15) is 9.18 Å². The number of oxazole rings is 1. The number of amides is 2. The third-order valence-corrected chi connectivity index (χ3v) is 5.09. The average Bonchev–Trinajstić information content (AvgIpc) is 3.16. The van der Waals surface area contributed by atoms with Gasteiger partial charge in [0, 0.05) is 26.2 Å². The highest BCUT2D eigenvalue weighted by Crippen LogP contribution is 2.26. The number of nitrogens with zero attached hydrogens (tertiary/aromatic N) is 2. The van der Waals surface area contributed by atoms with Crippen molar-refractivity contribution in [1.29, 1.82) is 0 Å². The summed E-state index contributed by atoms with van der Waals surface area (Å²) in [6, 6.07) is 14.3. The lowest BCUT2D eigenvalue weighted by Gasteiger charge is -2.30. The molecule has 2 amide bonds. The Balaban J connectivity index is 1.20. The monoisotopic (exact) mass is 382 g/mol. The molecule has 2 heterocycles. The number of rotatable bonds is 5. The summed E-state index contributed by atoms with van der Waals surface area (Å²) in [5, 5.41) is 5.73. The molecule has 1 fully saturated rings. The number of aromatic nitrogens is 1. The minimum Gasteiger partial charge on any atom is -0.423 e. The van der Waals surface area contributed by atoms with Crippen LogP contribution in [0.25, 0.3) is 11.1 Å². The van der Waals surface area contributed by atoms with Gasteiger partial charge in [-0.3, -0.25) is 0 Å². The Morgan fingerprint density at radius 3 is 2.61 bits per heavy atom. The van der Waals surface area contributed by atoms with E-state index in [-0.39, 0.29) is 11.8 Å². The van der Waals surface area contributed by atoms with E-state index in [0.29, 0.717) is 25.0 Å². The van der Waals surface area contributed by atoms with E-state index in [4.69, 9.17) is 4.42 Å². The van der Waals surface area contributed by atoms with E-state index < -0.39 is 0 Å². The molecule has 0 radical (unpaired) electrons. The van der Waals surface area contributed by atoms with Gasteiger partial charge in [0.25, 0.3) is 6.01 Å². The van der Waals surface area contributed by atoms with E-state index in [0.717, 1.165) is 42.6 Å². The molecule has 4 rings (SSSR count). The van der Waals surface area contributed by atoms with Crippen molar-refractivity contribution in [3.05, 3.63) is 59.9 Å². The molecule has 2 aromatic carbocycles. The molecule has 7 heteroatoms. The second kappa shape index (κ2) is 8.29. The fraction of sp³-hybridized carbons (Fsp3) is 0.333. The lowest BCUT2D eigenvalue weighted by atomic mass is 9.97. The van der Waals surface area contributed by atoms with E-state index in [1.165, 1.54) is 12.1 Å². The molecule has 146 valence electrons. The van der Waals surface area contributed by atoms with Crippen molar-refractivity contribution in [3.8, 4) is 0 Å². The zero-order valence-corrected chi connectivity index (χ0v) is 15.5. The maximum Gasteiger partial charge on any atom is 0.315 e. The van der Waals surface area contributed by atoms with Gasteiger partial charge in [-0.1, -0.05) is 24.3 Å². The maximum absolute atomic E-state index is 12.9. The summed E-state index contributed by atoms with van der Waals surface area (Å²) >= 11 is 0. The van der Waals surface area contributed by atoms with Gasteiger partial charge in [-0.2, -0.15) is 4.98 Å². The SMILES string of the molecule is O=C(NCc1ccc(F)cc1)NCC1CCN(c2nc3ccccc3o2)CC1. The quantitative estimate of drug-likeness (QED) is 0.706. The highest BCUT2D eigenvalue weighted by molar-refractivity contribution is 5.74. The van der Waals surface area contributed by atoms with Crippen LogP contribution in [0, 0.1) is 11.7 Å². The van der Waals surface area contributed by atoms with Crippen molar-refractivity contribution >= 4 is 23.1 Å². The van der Waals surface area contributed by atoms with Crippen LogP contribution in [-0.4, -0.2) is 30.6 Å². The second-order valence-electron chi connectivity index (χ2n) is 7.08.